The van der Waals surface area contributed by atoms with E-state index in [2.05, 4.69) is 14.9 Å². The maximum absolute atomic E-state index is 11.9. The summed E-state index contributed by atoms with van der Waals surface area (Å²) in [7, 11) is 0. The minimum absolute atomic E-state index is 0.00259. The van der Waals surface area contributed by atoms with Crippen LogP contribution in [0.25, 0.3) is 11.5 Å². The lowest BCUT2D eigenvalue weighted by atomic mass is 10.2. The summed E-state index contributed by atoms with van der Waals surface area (Å²) in [6.45, 7) is -1.78. The van der Waals surface area contributed by atoms with Gasteiger partial charge in [0.25, 0.3) is 5.89 Å². The number of nitrogens with zero attached hydrogens (tertiary/aromatic N) is 2. The maximum Gasteiger partial charge on any atom is 0.411 e. The van der Waals surface area contributed by atoms with Crippen LogP contribution in [0.2, 0.25) is 5.02 Å². The molecular formula is C11H9ClF3N3O2. The molecule has 1 aromatic heterocycles. The molecule has 0 fully saturated rings. The molecule has 5 nitrogen and oxygen atoms in total. The molecule has 0 saturated heterocycles. The highest BCUT2D eigenvalue weighted by Gasteiger charge is 2.27. The minimum atomic E-state index is -4.39. The van der Waals surface area contributed by atoms with E-state index in [-0.39, 0.29) is 11.7 Å². The third kappa shape index (κ3) is 4.10. The van der Waals surface area contributed by atoms with Gasteiger partial charge in [-0.2, -0.15) is 18.2 Å². The molecule has 20 heavy (non-hydrogen) atoms. The van der Waals surface area contributed by atoms with Crippen molar-refractivity contribution in [3.8, 4) is 11.5 Å². The Kier molecular flexibility index (Phi) is 4.15. The largest absolute Gasteiger partial charge is 0.411 e. The van der Waals surface area contributed by atoms with Gasteiger partial charge < -0.3 is 15.0 Å². The van der Waals surface area contributed by atoms with Crippen LogP contribution in [0.1, 0.15) is 5.82 Å². The molecule has 0 atom stereocenters. The molecular weight excluding hydrogens is 299 g/mol. The highest BCUT2D eigenvalue weighted by atomic mass is 35.5. The number of alkyl halides is 3. The second-order valence-corrected chi connectivity index (χ2v) is 4.33. The molecule has 2 aromatic rings. The summed E-state index contributed by atoms with van der Waals surface area (Å²) < 4.78 is 45.0. The summed E-state index contributed by atoms with van der Waals surface area (Å²) in [5.74, 6) is 0.104. The van der Waals surface area contributed by atoms with E-state index in [9.17, 15) is 13.2 Å². The number of halogens is 4. The zero-order valence-corrected chi connectivity index (χ0v) is 10.7. The minimum Gasteiger partial charge on any atom is -0.399 e. The lowest BCUT2D eigenvalue weighted by Crippen LogP contribution is -2.16. The summed E-state index contributed by atoms with van der Waals surface area (Å²) in [6, 6.07) is 4.64. The highest BCUT2D eigenvalue weighted by molar-refractivity contribution is 6.31. The molecule has 0 amide bonds. The molecule has 108 valence electrons. The lowest BCUT2D eigenvalue weighted by Gasteiger charge is -2.04. The van der Waals surface area contributed by atoms with Crippen molar-refractivity contribution in [2.24, 2.45) is 0 Å². The highest BCUT2D eigenvalue weighted by Crippen LogP contribution is 2.25. The van der Waals surface area contributed by atoms with Crippen LogP contribution in [0, 0.1) is 0 Å². The summed E-state index contributed by atoms with van der Waals surface area (Å²) in [6.07, 6.45) is -4.39. The van der Waals surface area contributed by atoms with Crippen LogP contribution >= 0.6 is 11.6 Å². The van der Waals surface area contributed by atoms with Gasteiger partial charge in [0, 0.05) is 16.3 Å². The topological polar surface area (TPSA) is 74.2 Å². The van der Waals surface area contributed by atoms with Gasteiger partial charge >= 0.3 is 6.18 Å². The SMILES string of the molecule is Nc1cc(Cl)cc(-c2nc(COCC(F)(F)F)no2)c1. The molecule has 0 aliphatic heterocycles. The monoisotopic (exact) mass is 307 g/mol. The van der Waals surface area contributed by atoms with Crippen LogP contribution in [-0.4, -0.2) is 22.9 Å². The standard InChI is InChI=1S/C11H9ClF3N3O2/c12-7-1-6(2-8(16)3-7)10-17-9(18-20-10)4-19-5-11(13,14)15/h1-3H,4-5,16H2. The number of aromatic nitrogens is 2. The van der Waals surface area contributed by atoms with E-state index < -0.39 is 19.4 Å². The second-order valence-electron chi connectivity index (χ2n) is 3.90. The zero-order valence-electron chi connectivity index (χ0n) is 9.95. The van der Waals surface area contributed by atoms with Gasteiger partial charge in [0.2, 0.25) is 0 Å². The van der Waals surface area contributed by atoms with Crippen molar-refractivity contribution in [2.75, 3.05) is 12.3 Å². The number of nitrogens with two attached hydrogens (primary N) is 1. The molecule has 2 rings (SSSR count). The summed E-state index contributed by atoms with van der Waals surface area (Å²) in [5, 5.41) is 3.89. The van der Waals surface area contributed by atoms with Gasteiger partial charge in [0.05, 0.1) is 0 Å². The number of benzene rings is 1. The third-order valence-electron chi connectivity index (χ3n) is 2.13. The maximum atomic E-state index is 11.9. The van der Waals surface area contributed by atoms with Crippen molar-refractivity contribution < 1.29 is 22.4 Å². The first kappa shape index (κ1) is 14.6. The second kappa shape index (κ2) is 5.68. The van der Waals surface area contributed by atoms with Gasteiger partial charge in [-0.05, 0) is 18.2 Å². The lowest BCUT2D eigenvalue weighted by molar-refractivity contribution is -0.177. The van der Waals surface area contributed by atoms with E-state index in [0.717, 1.165) is 0 Å². The van der Waals surface area contributed by atoms with Crippen molar-refractivity contribution in [1.82, 2.24) is 10.1 Å². The van der Waals surface area contributed by atoms with Crippen molar-refractivity contribution in [1.29, 1.82) is 0 Å². The van der Waals surface area contributed by atoms with Gasteiger partial charge in [-0.25, -0.2) is 0 Å². The van der Waals surface area contributed by atoms with Crippen LogP contribution in [0.15, 0.2) is 22.7 Å². The first-order valence-corrected chi connectivity index (χ1v) is 5.75. The Balaban J connectivity index is 2.05. The van der Waals surface area contributed by atoms with Gasteiger partial charge in [-0.1, -0.05) is 16.8 Å². The molecule has 0 spiro atoms. The normalized spacial score (nSPS) is 11.8. The van der Waals surface area contributed by atoms with Gasteiger partial charge in [-0.3, -0.25) is 0 Å². The van der Waals surface area contributed by atoms with Crippen LogP contribution in [0.4, 0.5) is 18.9 Å². The molecule has 0 saturated carbocycles. The van der Waals surface area contributed by atoms with Crippen LogP contribution < -0.4 is 5.73 Å². The Bertz CT molecular complexity index is 581. The molecule has 0 aliphatic rings. The van der Waals surface area contributed by atoms with Crippen LogP contribution in [-0.2, 0) is 11.3 Å². The average molecular weight is 308 g/mol. The van der Waals surface area contributed by atoms with E-state index in [1.54, 1.807) is 12.1 Å². The van der Waals surface area contributed by atoms with Crippen molar-refractivity contribution in [3.63, 3.8) is 0 Å². The van der Waals surface area contributed by atoms with E-state index in [1.165, 1.54) is 6.07 Å². The van der Waals surface area contributed by atoms with Crippen molar-refractivity contribution in [3.05, 3.63) is 29.0 Å². The van der Waals surface area contributed by atoms with Crippen LogP contribution in [0.5, 0.6) is 0 Å². The number of nitrogen functional groups attached to an aromatic ring is 1. The molecule has 1 heterocycles. The summed E-state index contributed by atoms with van der Waals surface area (Å²) >= 11 is 5.82. The Morgan fingerprint density at radius 1 is 1.30 bits per heavy atom. The average Bonchev–Trinajstić information content (AvgIpc) is 2.74. The number of rotatable bonds is 4. The van der Waals surface area contributed by atoms with Crippen molar-refractivity contribution >= 4 is 17.3 Å². The third-order valence-corrected chi connectivity index (χ3v) is 2.35. The van der Waals surface area contributed by atoms with E-state index in [0.29, 0.717) is 16.3 Å². The van der Waals surface area contributed by atoms with E-state index in [1.807, 2.05) is 0 Å². The van der Waals surface area contributed by atoms with E-state index >= 15 is 0 Å². The van der Waals surface area contributed by atoms with Gasteiger partial charge in [0.1, 0.15) is 13.2 Å². The fraction of sp³-hybridized carbons (Fsp3) is 0.273. The smallest absolute Gasteiger partial charge is 0.399 e. The van der Waals surface area contributed by atoms with Crippen LogP contribution in [0.3, 0.4) is 0 Å². The van der Waals surface area contributed by atoms with Gasteiger partial charge in [-0.15, -0.1) is 0 Å². The Morgan fingerprint density at radius 2 is 2.05 bits per heavy atom. The quantitative estimate of drug-likeness (QED) is 0.879. The fourth-order valence-corrected chi connectivity index (χ4v) is 1.67. The molecule has 0 aliphatic carbocycles. The molecule has 0 bridgehead atoms. The predicted molar refractivity (Wildman–Crippen MR) is 64.9 cm³/mol. The number of anilines is 1. The molecule has 9 heteroatoms. The van der Waals surface area contributed by atoms with E-state index in [4.69, 9.17) is 21.9 Å². The fourth-order valence-electron chi connectivity index (χ4n) is 1.42. The molecule has 1 aromatic carbocycles. The first-order valence-electron chi connectivity index (χ1n) is 5.37. The summed E-state index contributed by atoms with van der Waals surface area (Å²) in [5.41, 5.74) is 6.49. The predicted octanol–water partition coefficient (Wildman–Crippen LogP) is 3.05. The van der Waals surface area contributed by atoms with Gasteiger partial charge in [0.15, 0.2) is 5.82 Å². The number of ether oxygens (including phenoxy) is 1. The zero-order chi connectivity index (χ0) is 14.8. The van der Waals surface area contributed by atoms with Crippen molar-refractivity contribution in [2.45, 2.75) is 12.8 Å². The molecule has 0 radical (unpaired) electrons. The Morgan fingerprint density at radius 3 is 2.70 bits per heavy atom. The molecule has 2 N–H and O–H groups in total. The Hall–Kier alpha value is -1.80. The molecule has 0 unspecified atom stereocenters. The number of hydrogen-bond acceptors (Lipinski definition) is 5. The first-order chi connectivity index (χ1) is 9.33. The summed E-state index contributed by atoms with van der Waals surface area (Å²) in [4.78, 5) is 3.90. The Labute approximate surface area is 116 Å². The number of hydrogen-bond donors (Lipinski definition) is 1.